The third kappa shape index (κ3) is 7.02. The summed E-state index contributed by atoms with van der Waals surface area (Å²) in [5, 5.41) is 10.7. The van der Waals surface area contributed by atoms with Crippen LogP contribution in [0.4, 0.5) is 10.6 Å². The number of piperazine rings is 1. The summed E-state index contributed by atoms with van der Waals surface area (Å²) in [5.41, 5.74) is 1.89. The maximum absolute atomic E-state index is 13.3. The number of carbonyl (C=O) groups is 3. The van der Waals surface area contributed by atoms with Crippen LogP contribution in [0.2, 0.25) is 0 Å². The van der Waals surface area contributed by atoms with Crippen molar-refractivity contribution in [2.75, 3.05) is 45.2 Å². The zero-order chi connectivity index (χ0) is 30.6. The molecule has 10 nitrogen and oxygen atoms in total. The quantitative estimate of drug-likeness (QED) is 0.262. The molecule has 1 saturated heterocycles. The molecule has 43 heavy (non-hydrogen) atoms. The van der Waals surface area contributed by atoms with Gasteiger partial charge < -0.3 is 20.3 Å². The smallest absolute Gasteiger partial charge is 0.436 e. The molecule has 0 aliphatic carbocycles. The summed E-state index contributed by atoms with van der Waals surface area (Å²) in [6.07, 6.45) is 0.713. The summed E-state index contributed by atoms with van der Waals surface area (Å²) >= 11 is 1.09. The molecule has 1 aliphatic heterocycles. The number of carbonyl (C=O) groups excluding carboxylic acids is 3. The molecular weight excluding hydrogens is 564 g/mol. The summed E-state index contributed by atoms with van der Waals surface area (Å²) in [5.74, 6) is -0.525. The zero-order valence-corrected chi connectivity index (χ0v) is 25.4. The molecule has 1 fully saturated rings. The van der Waals surface area contributed by atoms with Crippen molar-refractivity contribution in [3.05, 3.63) is 94.9 Å². The second-order valence-corrected chi connectivity index (χ2v) is 12.2. The highest BCUT2D eigenvalue weighted by molar-refractivity contribution is 7.20. The van der Waals surface area contributed by atoms with Crippen LogP contribution in [0.3, 0.4) is 0 Å². The Kier molecular flexibility index (Phi) is 9.05. The fourth-order valence-electron chi connectivity index (χ4n) is 4.90. The van der Waals surface area contributed by atoms with E-state index in [-0.39, 0.29) is 24.2 Å². The molecule has 4 aromatic rings. The molecule has 5 rings (SSSR count). The fraction of sp³-hybridized carbons (Fsp3) is 0.312. The Morgan fingerprint density at radius 3 is 2.40 bits per heavy atom. The SMILES string of the molecule is C=CCOC(=O)n1nc(NC(=O)c2ccc(CN3CCN(C)CC3)cc2)c2cc(C(=O)NC(C)(C)c3ccccc3)sc21. The highest BCUT2D eigenvalue weighted by Gasteiger charge is 2.27. The van der Waals surface area contributed by atoms with Crippen LogP contribution >= 0.6 is 11.3 Å². The van der Waals surface area contributed by atoms with Gasteiger partial charge in [-0.15, -0.1) is 16.4 Å². The van der Waals surface area contributed by atoms with E-state index >= 15 is 0 Å². The Morgan fingerprint density at radius 2 is 1.72 bits per heavy atom. The number of hydrogen-bond acceptors (Lipinski definition) is 8. The van der Waals surface area contributed by atoms with E-state index in [0.29, 0.717) is 20.7 Å². The Balaban J connectivity index is 1.36. The first-order valence-electron chi connectivity index (χ1n) is 14.1. The average Bonchev–Trinajstić information content (AvgIpc) is 3.58. The molecular formula is C32H36N6O4S. The summed E-state index contributed by atoms with van der Waals surface area (Å²) in [6, 6.07) is 18.8. The first kappa shape index (κ1) is 30.1. The number of rotatable bonds is 9. The molecule has 0 radical (unpaired) electrons. The molecule has 2 aromatic heterocycles. The van der Waals surface area contributed by atoms with Crippen LogP contribution in [-0.2, 0) is 16.8 Å². The highest BCUT2D eigenvalue weighted by atomic mass is 32.1. The van der Waals surface area contributed by atoms with E-state index in [1.807, 2.05) is 56.3 Å². The maximum Gasteiger partial charge on any atom is 0.436 e. The van der Waals surface area contributed by atoms with Crippen molar-refractivity contribution in [3.8, 4) is 0 Å². The van der Waals surface area contributed by atoms with Crippen LogP contribution in [0.1, 0.15) is 45.0 Å². The van der Waals surface area contributed by atoms with E-state index in [2.05, 4.69) is 39.2 Å². The number of fused-ring (bicyclic) bond motifs is 1. The summed E-state index contributed by atoms with van der Waals surface area (Å²) < 4.78 is 6.27. The summed E-state index contributed by atoms with van der Waals surface area (Å²) in [7, 11) is 2.13. The normalized spacial score (nSPS) is 14.4. The number of hydrogen-bond donors (Lipinski definition) is 2. The molecule has 2 aromatic carbocycles. The van der Waals surface area contributed by atoms with Crippen LogP contribution in [0.15, 0.2) is 73.3 Å². The third-order valence-corrected chi connectivity index (χ3v) is 8.56. The molecule has 0 bridgehead atoms. The van der Waals surface area contributed by atoms with E-state index in [1.165, 1.54) is 6.08 Å². The molecule has 2 amide bonds. The van der Waals surface area contributed by atoms with Gasteiger partial charge in [-0.1, -0.05) is 55.1 Å². The van der Waals surface area contributed by atoms with Gasteiger partial charge in [-0.3, -0.25) is 14.5 Å². The molecule has 0 saturated carbocycles. The van der Waals surface area contributed by atoms with Gasteiger partial charge in [-0.05, 0) is 50.2 Å². The number of likely N-dealkylation sites (N-methyl/N-ethyl adjacent to an activating group) is 1. The molecule has 224 valence electrons. The number of anilines is 1. The number of aromatic nitrogens is 2. The van der Waals surface area contributed by atoms with Gasteiger partial charge in [0.1, 0.15) is 11.4 Å². The van der Waals surface area contributed by atoms with Crippen molar-refractivity contribution < 1.29 is 19.1 Å². The molecule has 0 spiro atoms. The van der Waals surface area contributed by atoms with Crippen molar-refractivity contribution in [2.24, 2.45) is 0 Å². The van der Waals surface area contributed by atoms with Crippen LogP contribution in [0, 0.1) is 0 Å². The zero-order valence-electron chi connectivity index (χ0n) is 24.6. The third-order valence-electron chi connectivity index (χ3n) is 7.45. The largest absolute Gasteiger partial charge is 0.444 e. The first-order valence-corrected chi connectivity index (χ1v) is 15.0. The molecule has 2 N–H and O–H groups in total. The van der Waals surface area contributed by atoms with Crippen LogP contribution < -0.4 is 10.6 Å². The first-order chi connectivity index (χ1) is 20.6. The van der Waals surface area contributed by atoms with Crippen molar-refractivity contribution in [1.29, 1.82) is 0 Å². The molecule has 3 heterocycles. The van der Waals surface area contributed by atoms with Crippen molar-refractivity contribution in [1.82, 2.24) is 24.9 Å². The van der Waals surface area contributed by atoms with Crippen molar-refractivity contribution in [3.63, 3.8) is 0 Å². The second-order valence-electron chi connectivity index (χ2n) is 11.1. The number of nitrogens with zero attached hydrogens (tertiary/aromatic N) is 4. The van der Waals surface area contributed by atoms with Gasteiger partial charge in [0, 0.05) is 38.3 Å². The highest BCUT2D eigenvalue weighted by Crippen LogP contribution is 2.33. The minimum absolute atomic E-state index is 0.00760. The van der Waals surface area contributed by atoms with Gasteiger partial charge in [0.2, 0.25) is 0 Å². The average molecular weight is 601 g/mol. The van der Waals surface area contributed by atoms with Gasteiger partial charge >= 0.3 is 6.09 Å². The van der Waals surface area contributed by atoms with Gasteiger partial charge in [-0.25, -0.2) is 4.79 Å². The van der Waals surface area contributed by atoms with E-state index in [1.54, 1.807) is 18.2 Å². The number of thiophene rings is 1. The van der Waals surface area contributed by atoms with E-state index in [4.69, 9.17) is 4.74 Å². The lowest BCUT2D eigenvalue weighted by atomic mass is 9.94. The predicted octanol–water partition coefficient (Wildman–Crippen LogP) is 4.93. The molecule has 11 heteroatoms. The number of benzene rings is 2. The van der Waals surface area contributed by atoms with Gasteiger partial charge in [0.15, 0.2) is 5.82 Å². The Hall–Kier alpha value is -4.32. The topological polar surface area (TPSA) is 109 Å². The Morgan fingerprint density at radius 1 is 1.02 bits per heavy atom. The lowest BCUT2D eigenvalue weighted by Crippen LogP contribution is -2.43. The van der Waals surface area contributed by atoms with Crippen LogP contribution in [-0.4, -0.2) is 77.3 Å². The molecule has 0 unspecified atom stereocenters. The van der Waals surface area contributed by atoms with Crippen molar-refractivity contribution in [2.45, 2.75) is 25.9 Å². The van der Waals surface area contributed by atoms with E-state index < -0.39 is 11.6 Å². The van der Waals surface area contributed by atoms with Crippen LogP contribution in [0.25, 0.3) is 10.2 Å². The Bertz CT molecular complexity index is 1620. The lowest BCUT2D eigenvalue weighted by molar-refractivity contribution is 0.0915. The second kappa shape index (κ2) is 12.9. The van der Waals surface area contributed by atoms with E-state index in [9.17, 15) is 14.4 Å². The maximum atomic E-state index is 13.3. The number of nitrogens with one attached hydrogen (secondary N) is 2. The minimum Gasteiger partial charge on any atom is -0.444 e. The monoisotopic (exact) mass is 600 g/mol. The van der Waals surface area contributed by atoms with Gasteiger partial charge in [0.05, 0.1) is 15.8 Å². The molecule has 1 aliphatic rings. The van der Waals surface area contributed by atoms with Crippen LogP contribution in [0.5, 0.6) is 0 Å². The predicted molar refractivity (Wildman–Crippen MR) is 169 cm³/mol. The number of amides is 2. The van der Waals surface area contributed by atoms with E-state index in [0.717, 1.165) is 59.9 Å². The minimum atomic E-state index is -0.739. The van der Waals surface area contributed by atoms with Crippen molar-refractivity contribution >= 4 is 45.3 Å². The Labute approximate surface area is 254 Å². The lowest BCUT2D eigenvalue weighted by Gasteiger charge is -2.32. The van der Waals surface area contributed by atoms with Gasteiger partial charge in [0.25, 0.3) is 11.8 Å². The standard InChI is InChI=1S/C32H36N6O4S/c1-5-19-42-31(41)38-30-25(20-26(43-30)29(40)34-32(2,3)24-9-7-6-8-10-24)27(35-38)33-28(39)23-13-11-22(12-14-23)21-37-17-15-36(4)16-18-37/h5-14,20H,1,15-19,21H2,2-4H3,(H,34,40)(H,33,35,39). The van der Waals surface area contributed by atoms with Gasteiger partial charge in [-0.2, -0.15) is 4.68 Å². The summed E-state index contributed by atoms with van der Waals surface area (Å²) in [4.78, 5) is 44.9. The fourth-order valence-corrected chi connectivity index (χ4v) is 5.90. The number of ether oxygens (including phenoxy) is 1. The summed E-state index contributed by atoms with van der Waals surface area (Å²) in [6.45, 7) is 12.3. The molecule has 0 atom stereocenters.